The zero-order valence-corrected chi connectivity index (χ0v) is 15.0. The molecule has 0 aliphatic rings. The minimum Gasteiger partial charge on any atom is -0.364 e. The van der Waals surface area contributed by atoms with Crippen LogP contribution in [0.15, 0.2) is 24.4 Å². The number of benzene rings is 1. The largest absolute Gasteiger partial charge is 0.364 e. The van der Waals surface area contributed by atoms with Crippen molar-refractivity contribution in [2.45, 2.75) is 24.5 Å². The monoisotopic (exact) mass is 426 g/mol. The molecule has 1 unspecified atom stereocenters. The van der Waals surface area contributed by atoms with Gasteiger partial charge in [0.15, 0.2) is 11.6 Å². The fourth-order valence-corrected chi connectivity index (χ4v) is 3.67. The molecule has 2 rings (SSSR count). The fourth-order valence-electron chi connectivity index (χ4n) is 2.34. The van der Waals surface area contributed by atoms with Gasteiger partial charge in [-0.1, -0.05) is 0 Å². The summed E-state index contributed by atoms with van der Waals surface area (Å²) >= 11 is 0.0956. The van der Waals surface area contributed by atoms with Crippen LogP contribution in [-0.2, 0) is 0 Å². The third kappa shape index (κ3) is 4.57. The summed E-state index contributed by atoms with van der Waals surface area (Å²) in [5, 5.41) is -1.63. The number of thioether (sulfide) groups is 1. The Morgan fingerprint density at radius 2 is 1.82 bits per heavy atom. The van der Waals surface area contributed by atoms with Gasteiger partial charge in [0.05, 0.1) is 11.0 Å². The number of primary amides is 1. The first-order valence-corrected chi connectivity index (χ1v) is 8.68. The van der Waals surface area contributed by atoms with E-state index in [9.17, 15) is 35.5 Å². The van der Waals surface area contributed by atoms with Gasteiger partial charge in [0.1, 0.15) is 11.5 Å². The standard InChI is InChI=1S/C17H13F7N2OS/c1-7-4-11(15(25)27)26-5-8(7)14(28-6-17(23,24)16(21)22)12-9(18)2-3-10(19)13(12)20/h2-5,14,16H,6H2,1H3,(H2,25,27). The summed E-state index contributed by atoms with van der Waals surface area (Å²) < 4.78 is 93.8. The van der Waals surface area contributed by atoms with Gasteiger partial charge in [-0.15, -0.1) is 11.8 Å². The lowest BCUT2D eigenvalue weighted by Crippen LogP contribution is -2.30. The molecule has 152 valence electrons. The number of amides is 1. The number of halogens is 7. The van der Waals surface area contributed by atoms with Gasteiger partial charge in [0.2, 0.25) is 0 Å². The zero-order chi connectivity index (χ0) is 21.2. The van der Waals surface area contributed by atoms with Crippen LogP contribution in [0.5, 0.6) is 0 Å². The van der Waals surface area contributed by atoms with Crippen LogP contribution in [0, 0.1) is 24.4 Å². The van der Waals surface area contributed by atoms with Crippen molar-refractivity contribution in [1.82, 2.24) is 4.98 Å². The molecule has 0 fully saturated rings. The smallest absolute Gasteiger partial charge is 0.316 e. The summed E-state index contributed by atoms with van der Waals surface area (Å²) in [6.45, 7) is 1.37. The quantitative estimate of drug-likeness (QED) is 0.519. The average Bonchev–Trinajstić information content (AvgIpc) is 2.61. The van der Waals surface area contributed by atoms with Crippen molar-refractivity contribution < 1.29 is 35.5 Å². The second-order valence-corrected chi connectivity index (χ2v) is 6.89. The number of nitrogens with two attached hydrogens (primary N) is 1. The maximum absolute atomic E-state index is 14.3. The maximum Gasteiger partial charge on any atom is 0.316 e. The number of rotatable bonds is 7. The topological polar surface area (TPSA) is 56.0 Å². The molecule has 0 bridgehead atoms. The lowest BCUT2D eigenvalue weighted by molar-refractivity contribution is -0.110. The highest BCUT2D eigenvalue weighted by Crippen LogP contribution is 2.43. The Balaban J connectivity index is 2.58. The molecule has 2 N–H and O–H groups in total. The molecule has 1 heterocycles. The number of aromatic nitrogens is 1. The molecule has 0 saturated carbocycles. The third-order valence-electron chi connectivity index (χ3n) is 3.79. The lowest BCUT2D eigenvalue weighted by atomic mass is 10.00. The van der Waals surface area contributed by atoms with Crippen LogP contribution < -0.4 is 5.73 Å². The molecular weight excluding hydrogens is 413 g/mol. The van der Waals surface area contributed by atoms with Gasteiger partial charge in [0.25, 0.3) is 5.91 Å². The first kappa shape index (κ1) is 22.0. The van der Waals surface area contributed by atoms with Crippen LogP contribution in [0.4, 0.5) is 30.7 Å². The van der Waals surface area contributed by atoms with E-state index in [1.165, 1.54) is 6.92 Å². The highest BCUT2D eigenvalue weighted by atomic mass is 32.2. The fraction of sp³-hybridized carbons (Fsp3) is 0.294. The molecule has 1 amide bonds. The van der Waals surface area contributed by atoms with Crippen molar-refractivity contribution in [2.24, 2.45) is 5.73 Å². The Morgan fingerprint density at radius 3 is 2.36 bits per heavy atom. The summed E-state index contributed by atoms with van der Waals surface area (Å²) in [4.78, 5) is 14.9. The number of alkyl halides is 4. The Hall–Kier alpha value is -2.30. The van der Waals surface area contributed by atoms with Gasteiger partial charge in [-0.25, -0.2) is 22.0 Å². The predicted octanol–water partition coefficient (Wildman–Crippen LogP) is 4.63. The zero-order valence-electron chi connectivity index (χ0n) is 14.2. The van der Waals surface area contributed by atoms with Crippen LogP contribution in [0.3, 0.4) is 0 Å². The minimum atomic E-state index is -4.45. The van der Waals surface area contributed by atoms with E-state index < -0.39 is 52.3 Å². The van der Waals surface area contributed by atoms with Crippen LogP contribution >= 0.6 is 11.8 Å². The van der Waals surface area contributed by atoms with Crippen molar-refractivity contribution in [1.29, 1.82) is 0 Å². The molecule has 0 aliphatic heterocycles. The summed E-state index contributed by atoms with van der Waals surface area (Å²) in [6.07, 6.45) is -3.04. The van der Waals surface area contributed by atoms with Crippen molar-refractivity contribution >= 4 is 17.7 Å². The van der Waals surface area contributed by atoms with Gasteiger partial charge in [-0.3, -0.25) is 9.78 Å². The Bertz CT molecular complexity index is 892. The Kier molecular flexibility index (Phi) is 6.58. The average molecular weight is 426 g/mol. The first-order chi connectivity index (χ1) is 13.0. The van der Waals surface area contributed by atoms with Gasteiger partial charge in [-0.2, -0.15) is 8.78 Å². The molecule has 28 heavy (non-hydrogen) atoms. The number of carbonyl (C=O) groups is 1. The molecule has 3 nitrogen and oxygen atoms in total. The normalized spacial score (nSPS) is 13.0. The van der Waals surface area contributed by atoms with E-state index in [2.05, 4.69) is 4.98 Å². The van der Waals surface area contributed by atoms with E-state index in [0.717, 1.165) is 12.3 Å². The molecule has 0 radical (unpaired) electrons. The molecule has 1 atom stereocenters. The van der Waals surface area contributed by atoms with E-state index in [0.29, 0.717) is 12.1 Å². The van der Waals surface area contributed by atoms with Crippen LogP contribution in [-0.4, -0.2) is 29.0 Å². The molecule has 0 aliphatic carbocycles. The molecule has 1 aromatic carbocycles. The number of nitrogens with zero attached hydrogens (tertiary/aromatic N) is 1. The van der Waals surface area contributed by atoms with E-state index in [1.807, 2.05) is 0 Å². The second-order valence-electron chi connectivity index (χ2n) is 5.80. The Labute approximate surface area is 159 Å². The van der Waals surface area contributed by atoms with Gasteiger partial charge in [0, 0.05) is 11.8 Å². The third-order valence-corrected chi connectivity index (χ3v) is 5.16. The van der Waals surface area contributed by atoms with E-state index >= 15 is 0 Å². The second kappa shape index (κ2) is 8.38. The molecular formula is C17H13F7N2OS. The minimum absolute atomic E-state index is 0.0662. The molecule has 0 spiro atoms. The lowest BCUT2D eigenvalue weighted by Gasteiger charge is -2.23. The van der Waals surface area contributed by atoms with Gasteiger partial charge in [-0.05, 0) is 36.2 Å². The van der Waals surface area contributed by atoms with Crippen LogP contribution in [0.1, 0.15) is 32.4 Å². The van der Waals surface area contributed by atoms with Crippen LogP contribution in [0.2, 0.25) is 0 Å². The number of carbonyl (C=O) groups excluding carboxylic acids is 1. The Morgan fingerprint density at radius 1 is 1.21 bits per heavy atom. The summed E-state index contributed by atoms with van der Waals surface area (Å²) in [6, 6.07) is 2.24. The molecule has 0 saturated heterocycles. The SMILES string of the molecule is Cc1cc(C(N)=O)ncc1C(SCC(F)(F)C(F)F)c1c(F)ccc(F)c1F. The maximum atomic E-state index is 14.3. The van der Waals surface area contributed by atoms with Gasteiger partial charge >= 0.3 is 12.3 Å². The number of hydrogen-bond acceptors (Lipinski definition) is 3. The van der Waals surface area contributed by atoms with Crippen molar-refractivity contribution in [3.05, 3.63) is 64.2 Å². The number of hydrogen-bond donors (Lipinski definition) is 1. The molecule has 2 aromatic rings. The molecule has 1 aromatic heterocycles. The van der Waals surface area contributed by atoms with Crippen molar-refractivity contribution in [2.75, 3.05) is 5.75 Å². The van der Waals surface area contributed by atoms with Gasteiger partial charge < -0.3 is 5.73 Å². The number of pyridine rings is 1. The van der Waals surface area contributed by atoms with E-state index in [1.54, 1.807) is 0 Å². The van der Waals surface area contributed by atoms with Crippen molar-refractivity contribution in [3.8, 4) is 0 Å². The summed E-state index contributed by atoms with van der Waals surface area (Å²) in [5.41, 5.74) is 4.05. The van der Waals surface area contributed by atoms with Crippen LogP contribution in [0.25, 0.3) is 0 Å². The molecule has 11 heteroatoms. The number of aryl methyl sites for hydroxylation is 1. The summed E-state index contributed by atoms with van der Waals surface area (Å²) in [5.74, 6) is -11.2. The van der Waals surface area contributed by atoms with Crippen molar-refractivity contribution in [3.63, 3.8) is 0 Å². The predicted molar refractivity (Wildman–Crippen MR) is 89.1 cm³/mol. The van der Waals surface area contributed by atoms with E-state index in [4.69, 9.17) is 5.73 Å². The van der Waals surface area contributed by atoms with E-state index in [-0.39, 0.29) is 28.6 Å². The summed E-state index contributed by atoms with van der Waals surface area (Å²) in [7, 11) is 0. The highest BCUT2D eigenvalue weighted by molar-refractivity contribution is 7.99. The highest BCUT2D eigenvalue weighted by Gasteiger charge is 2.42. The first-order valence-electron chi connectivity index (χ1n) is 7.63.